The fourth-order valence-electron chi connectivity index (χ4n) is 1.60. The monoisotopic (exact) mass is 280 g/mol. The third-order valence-corrected chi connectivity index (χ3v) is 3.21. The predicted octanol–water partition coefficient (Wildman–Crippen LogP) is 2.98. The summed E-state index contributed by atoms with van der Waals surface area (Å²) in [6, 6.07) is 5.85. The molecule has 4 heteroatoms. The normalized spacial score (nSPS) is 12.0. The summed E-state index contributed by atoms with van der Waals surface area (Å²) in [5, 5.41) is 7.88. The highest BCUT2D eigenvalue weighted by molar-refractivity contribution is 9.10. The smallest absolute Gasteiger partial charge is 0.267 e. The minimum atomic E-state index is -0.154. The maximum absolute atomic E-state index is 11.6. The lowest BCUT2D eigenvalue weighted by atomic mass is 9.86. The first-order chi connectivity index (χ1) is 7.39. The first-order valence-corrected chi connectivity index (χ1v) is 5.87. The number of nitrogens with zero attached hydrogens (tertiary/aromatic N) is 1. The van der Waals surface area contributed by atoms with Gasteiger partial charge < -0.3 is 0 Å². The van der Waals surface area contributed by atoms with Gasteiger partial charge in [0.1, 0.15) is 4.60 Å². The fourth-order valence-corrected chi connectivity index (χ4v) is 2.02. The largest absolute Gasteiger partial charge is 0.272 e. The lowest BCUT2D eigenvalue weighted by Crippen LogP contribution is -2.13. The van der Waals surface area contributed by atoms with Gasteiger partial charge in [-0.2, -0.15) is 5.10 Å². The van der Waals surface area contributed by atoms with Crippen molar-refractivity contribution in [3.05, 3.63) is 38.7 Å². The van der Waals surface area contributed by atoms with Crippen molar-refractivity contribution in [2.45, 2.75) is 26.2 Å². The standard InChI is InChI=1S/C12H13BrN2O/c1-12(2,3)7-4-5-8-9(6-7)10(13)14-15-11(8)16/h4-6H,1-3H3,(H,15,16). The molecule has 3 nitrogen and oxygen atoms in total. The van der Waals surface area contributed by atoms with E-state index in [1.54, 1.807) is 0 Å². The number of fused-ring (bicyclic) bond motifs is 1. The molecule has 0 aliphatic carbocycles. The predicted molar refractivity (Wildman–Crippen MR) is 68.8 cm³/mol. The van der Waals surface area contributed by atoms with Gasteiger partial charge in [-0.05, 0) is 39.0 Å². The van der Waals surface area contributed by atoms with E-state index < -0.39 is 0 Å². The second kappa shape index (κ2) is 3.70. The van der Waals surface area contributed by atoms with Crippen LogP contribution in [0, 0.1) is 0 Å². The molecule has 0 saturated heterocycles. The van der Waals surface area contributed by atoms with Crippen LogP contribution in [0.15, 0.2) is 27.6 Å². The van der Waals surface area contributed by atoms with Crippen LogP contribution in [0.4, 0.5) is 0 Å². The van der Waals surface area contributed by atoms with E-state index in [1.807, 2.05) is 18.2 Å². The molecule has 2 aromatic rings. The van der Waals surface area contributed by atoms with Crippen LogP contribution >= 0.6 is 15.9 Å². The van der Waals surface area contributed by atoms with Crippen molar-refractivity contribution in [1.29, 1.82) is 0 Å². The van der Waals surface area contributed by atoms with Crippen molar-refractivity contribution >= 4 is 26.7 Å². The number of benzene rings is 1. The summed E-state index contributed by atoms with van der Waals surface area (Å²) in [6.07, 6.45) is 0. The number of hydrogen-bond acceptors (Lipinski definition) is 2. The Morgan fingerprint density at radius 1 is 1.25 bits per heavy atom. The molecule has 0 unspecified atom stereocenters. The third-order valence-electron chi connectivity index (χ3n) is 2.61. The number of halogens is 1. The molecule has 2 rings (SSSR count). The molecule has 16 heavy (non-hydrogen) atoms. The Hall–Kier alpha value is -1.16. The zero-order chi connectivity index (χ0) is 11.9. The van der Waals surface area contributed by atoms with Crippen molar-refractivity contribution in [2.75, 3.05) is 0 Å². The highest BCUT2D eigenvalue weighted by atomic mass is 79.9. The summed E-state index contributed by atoms with van der Waals surface area (Å²) < 4.78 is 0.674. The van der Waals surface area contributed by atoms with E-state index in [-0.39, 0.29) is 11.0 Å². The van der Waals surface area contributed by atoms with E-state index in [2.05, 4.69) is 46.9 Å². The van der Waals surface area contributed by atoms with Crippen LogP contribution in [0.2, 0.25) is 0 Å². The van der Waals surface area contributed by atoms with Crippen molar-refractivity contribution in [1.82, 2.24) is 10.2 Å². The number of aromatic amines is 1. The van der Waals surface area contributed by atoms with Gasteiger partial charge in [0.15, 0.2) is 0 Å². The molecule has 1 heterocycles. The Morgan fingerprint density at radius 3 is 2.56 bits per heavy atom. The SMILES string of the molecule is CC(C)(C)c1ccc2c(=O)[nH]nc(Br)c2c1. The van der Waals surface area contributed by atoms with Gasteiger partial charge in [-0.25, -0.2) is 5.10 Å². The molecule has 0 radical (unpaired) electrons. The molecule has 0 saturated carbocycles. The molecule has 0 aliphatic rings. The molecule has 84 valence electrons. The average Bonchev–Trinajstić information content (AvgIpc) is 2.22. The van der Waals surface area contributed by atoms with Gasteiger partial charge in [0.2, 0.25) is 0 Å². The Labute approximate surface area is 102 Å². The summed E-state index contributed by atoms with van der Waals surface area (Å²) in [5.41, 5.74) is 1.10. The molecule has 1 aromatic heterocycles. The highest BCUT2D eigenvalue weighted by Crippen LogP contribution is 2.27. The molecular formula is C12H13BrN2O. The zero-order valence-electron chi connectivity index (χ0n) is 9.47. The lowest BCUT2D eigenvalue weighted by Gasteiger charge is -2.19. The van der Waals surface area contributed by atoms with Gasteiger partial charge in [0, 0.05) is 5.39 Å². The third kappa shape index (κ3) is 1.89. The van der Waals surface area contributed by atoms with Crippen LogP contribution in [-0.2, 0) is 5.41 Å². The van der Waals surface area contributed by atoms with Crippen molar-refractivity contribution in [3.8, 4) is 0 Å². The second-order valence-electron chi connectivity index (χ2n) is 4.85. The van der Waals surface area contributed by atoms with E-state index >= 15 is 0 Å². The molecule has 1 N–H and O–H groups in total. The fraction of sp³-hybridized carbons (Fsp3) is 0.333. The summed E-state index contributed by atoms with van der Waals surface area (Å²) in [4.78, 5) is 11.6. The molecule has 0 atom stereocenters. The average molecular weight is 281 g/mol. The van der Waals surface area contributed by atoms with E-state index in [0.717, 1.165) is 5.39 Å². The molecular weight excluding hydrogens is 268 g/mol. The van der Waals surface area contributed by atoms with Crippen molar-refractivity contribution in [3.63, 3.8) is 0 Å². The number of nitrogens with one attached hydrogen (secondary N) is 1. The Bertz CT molecular complexity index is 596. The molecule has 1 aromatic carbocycles. The van der Waals surface area contributed by atoms with Crippen LogP contribution in [0.3, 0.4) is 0 Å². The molecule has 0 aliphatic heterocycles. The van der Waals surface area contributed by atoms with Crippen LogP contribution in [0.5, 0.6) is 0 Å². The van der Waals surface area contributed by atoms with Crippen LogP contribution < -0.4 is 5.56 Å². The summed E-state index contributed by atoms with van der Waals surface area (Å²) in [7, 11) is 0. The quantitative estimate of drug-likeness (QED) is 0.806. The number of hydrogen-bond donors (Lipinski definition) is 1. The number of H-pyrrole nitrogens is 1. The number of rotatable bonds is 0. The Balaban J connectivity index is 2.81. The summed E-state index contributed by atoms with van der Waals surface area (Å²) in [5.74, 6) is 0. The minimum Gasteiger partial charge on any atom is -0.267 e. The first kappa shape index (κ1) is 11.3. The van der Waals surface area contributed by atoms with Gasteiger partial charge in [0.25, 0.3) is 5.56 Å². The maximum Gasteiger partial charge on any atom is 0.272 e. The summed E-state index contributed by atoms with van der Waals surface area (Å²) >= 11 is 3.35. The second-order valence-corrected chi connectivity index (χ2v) is 5.61. The van der Waals surface area contributed by atoms with Gasteiger partial charge in [-0.15, -0.1) is 0 Å². The van der Waals surface area contributed by atoms with Gasteiger partial charge >= 0.3 is 0 Å². The van der Waals surface area contributed by atoms with E-state index in [4.69, 9.17) is 0 Å². The lowest BCUT2D eigenvalue weighted by molar-refractivity contribution is 0.591. The topological polar surface area (TPSA) is 45.8 Å². The van der Waals surface area contributed by atoms with Crippen molar-refractivity contribution in [2.24, 2.45) is 0 Å². The molecule has 0 fully saturated rings. The van der Waals surface area contributed by atoms with Crippen LogP contribution in [-0.4, -0.2) is 10.2 Å². The minimum absolute atomic E-state index is 0.0657. The van der Waals surface area contributed by atoms with Crippen molar-refractivity contribution < 1.29 is 0 Å². The highest BCUT2D eigenvalue weighted by Gasteiger charge is 2.15. The number of aromatic nitrogens is 2. The molecule has 0 spiro atoms. The van der Waals surface area contributed by atoms with E-state index in [1.165, 1.54) is 5.56 Å². The zero-order valence-corrected chi connectivity index (χ0v) is 11.1. The van der Waals surface area contributed by atoms with Crippen LogP contribution in [0.25, 0.3) is 10.8 Å². The van der Waals surface area contributed by atoms with E-state index in [0.29, 0.717) is 9.99 Å². The summed E-state index contributed by atoms with van der Waals surface area (Å²) in [6.45, 7) is 6.42. The molecule has 0 amide bonds. The van der Waals surface area contributed by atoms with Gasteiger partial charge in [0.05, 0.1) is 5.39 Å². The van der Waals surface area contributed by atoms with Crippen LogP contribution in [0.1, 0.15) is 26.3 Å². The first-order valence-electron chi connectivity index (χ1n) is 5.08. The van der Waals surface area contributed by atoms with Gasteiger partial charge in [-0.1, -0.05) is 26.8 Å². The van der Waals surface area contributed by atoms with E-state index in [9.17, 15) is 4.79 Å². The van der Waals surface area contributed by atoms with Gasteiger partial charge in [-0.3, -0.25) is 4.79 Å². The molecule has 0 bridgehead atoms. The maximum atomic E-state index is 11.6. The Kier molecular flexibility index (Phi) is 2.62. The Morgan fingerprint density at radius 2 is 1.94 bits per heavy atom.